The molecule has 0 saturated carbocycles. The molecule has 1 amide bonds. The topological polar surface area (TPSA) is 72.6 Å². The number of rotatable bonds is 6. The van der Waals surface area contributed by atoms with Gasteiger partial charge in [0.2, 0.25) is 5.91 Å². The standard InChI is InChI=1S/C14H17NO3/c1-3-5-11-8-10(6-7-13(15)16)9-12(14(11)17)18-4-2/h3,6-9,17H,1,4-5H2,2H3,(H2,15,16)/b7-6-. The van der Waals surface area contributed by atoms with E-state index >= 15 is 0 Å². The van der Waals surface area contributed by atoms with E-state index in [1.807, 2.05) is 6.92 Å². The smallest absolute Gasteiger partial charge is 0.241 e. The quantitative estimate of drug-likeness (QED) is 0.596. The Balaban J connectivity index is 3.18. The van der Waals surface area contributed by atoms with Gasteiger partial charge in [-0.3, -0.25) is 4.79 Å². The maximum Gasteiger partial charge on any atom is 0.241 e. The highest BCUT2D eigenvalue weighted by Gasteiger charge is 2.09. The molecule has 0 spiro atoms. The summed E-state index contributed by atoms with van der Waals surface area (Å²) in [7, 11) is 0. The van der Waals surface area contributed by atoms with Gasteiger partial charge in [-0.1, -0.05) is 6.08 Å². The Labute approximate surface area is 106 Å². The number of nitrogens with two attached hydrogens (primary N) is 1. The van der Waals surface area contributed by atoms with Crippen LogP contribution in [0.4, 0.5) is 0 Å². The molecule has 0 atom stereocenters. The number of allylic oxidation sites excluding steroid dienone is 1. The summed E-state index contributed by atoms with van der Waals surface area (Å²) in [5.74, 6) is -0.0275. The Morgan fingerprint density at radius 1 is 1.56 bits per heavy atom. The highest BCUT2D eigenvalue weighted by Crippen LogP contribution is 2.32. The molecular weight excluding hydrogens is 230 g/mol. The van der Waals surface area contributed by atoms with Crippen LogP contribution in [-0.2, 0) is 11.2 Å². The van der Waals surface area contributed by atoms with Crippen molar-refractivity contribution in [3.8, 4) is 11.5 Å². The molecule has 1 aromatic carbocycles. The minimum atomic E-state index is -0.522. The molecule has 0 saturated heterocycles. The van der Waals surface area contributed by atoms with Gasteiger partial charge in [0.25, 0.3) is 0 Å². The van der Waals surface area contributed by atoms with Crippen LogP contribution in [0.2, 0.25) is 0 Å². The van der Waals surface area contributed by atoms with E-state index < -0.39 is 5.91 Å². The SMILES string of the molecule is C=CCc1cc(/C=C\C(N)=O)cc(OCC)c1O. The number of phenolic OH excluding ortho intramolecular Hbond substituents is 1. The number of ether oxygens (including phenoxy) is 1. The zero-order valence-corrected chi connectivity index (χ0v) is 10.3. The number of carbonyl (C=O) groups is 1. The zero-order chi connectivity index (χ0) is 13.5. The molecule has 96 valence electrons. The normalized spacial score (nSPS) is 10.5. The van der Waals surface area contributed by atoms with Crippen molar-refractivity contribution < 1.29 is 14.6 Å². The predicted octanol–water partition coefficient (Wildman–Crippen LogP) is 2.02. The van der Waals surface area contributed by atoms with Gasteiger partial charge in [0.1, 0.15) is 0 Å². The van der Waals surface area contributed by atoms with Crippen LogP contribution in [0, 0.1) is 0 Å². The molecule has 0 aliphatic carbocycles. The number of carbonyl (C=O) groups excluding carboxylic acids is 1. The van der Waals surface area contributed by atoms with E-state index in [4.69, 9.17) is 10.5 Å². The van der Waals surface area contributed by atoms with Gasteiger partial charge in [0.05, 0.1) is 6.61 Å². The second kappa shape index (κ2) is 6.49. The lowest BCUT2D eigenvalue weighted by molar-refractivity contribution is -0.113. The Morgan fingerprint density at radius 3 is 2.83 bits per heavy atom. The van der Waals surface area contributed by atoms with Gasteiger partial charge in [-0.05, 0) is 37.1 Å². The third-order valence-electron chi connectivity index (χ3n) is 2.28. The fourth-order valence-electron chi connectivity index (χ4n) is 1.54. The monoisotopic (exact) mass is 247 g/mol. The number of benzene rings is 1. The summed E-state index contributed by atoms with van der Waals surface area (Å²) in [6.45, 7) is 5.91. The molecule has 18 heavy (non-hydrogen) atoms. The molecule has 1 aromatic rings. The molecule has 0 heterocycles. The van der Waals surface area contributed by atoms with E-state index in [2.05, 4.69) is 6.58 Å². The average molecular weight is 247 g/mol. The van der Waals surface area contributed by atoms with Crippen molar-refractivity contribution in [1.29, 1.82) is 0 Å². The van der Waals surface area contributed by atoms with Gasteiger partial charge in [-0.15, -0.1) is 6.58 Å². The summed E-state index contributed by atoms with van der Waals surface area (Å²) in [6.07, 6.45) is 5.05. The highest BCUT2D eigenvalue weighted by atomic mass is 16.5. The number of primary amides is 1. The number of aromatic hydroxyl groups is 1. The average Bonchev–Trinajstić information content (AvgIpc) is 2.32. The van der Waals surface area contributed by atoms with E-state index in [1.54, 1.807) is 24.3 Å². The Kier molecular flexibility index (Phi) is 4.99. The molecule has 3 N–H and O–H groups in total. The van der Waals surface area contributed by atoms with Crippen molar-refractivity contribution in [2.24, 2.45) is 5.73 Å². The van der Waals surface area contributed by atoms with Crippen LogP contribution >= 0.6 is 0 Å². The number of hydrogen-bond acceptors (Lipinski definition) is 3. The van der Waals surface area contributed by atoms with Gasteiger partial charge in [0, 0.05) is 11.6 Å². The second-order valence-corrected chi connectivity index (χ2v) is 3.69. The lowest BCUT2D eigenvalue weighted by atomic mass is 10.1. The third-order valence-corrected chi connectivity index (χ3v) is 2.28. The van der Waals surface area contributed by atoms with Crippen molar-refractivity contribution in [3.63, 3.8) is 0 Å². The van der Waals surface area contributed by atoms with Crippen LogP contribution in [-0.4, -0.2) is 17.6 Å². The van der Waals surface area contributed by atoms with Crippen molar-refractivity contribution in [2.75, 3.05) is 6.61 Å². The molecule has 1 rings (SSSR count). The van der Waals surface area contributed by atoms with Crippen molar-refractivity contribution in [2.45, 2.75) is 13.3 Å². The lowest BCUT2D eigenvalue weighted by Gasteiger charge is -2.10. The lowest BCUT2D eigenvalue weighted by Crippen LogP contribution is -2.05. The van der Waals surface area contributed by atoms with Gasteiger partial charge in [-0.2, -0.15) is 0 Å². The predicted molar refractivity (Wildman–Crippen MR) is 71.4 cm³/mol. The molecule has 0 radical (unpaired) electrons. The first kappa shape index (κ1) is 13.8. The van der Waals surface area contributed by atoms with Crippen LogP contribution in [0.25, 0.3) is 6.08 Å². The largest absolute Gasteiger partial charge is 0.504 e. The van der Waals surface area contributed by atoms with E-state index in [-0.39, 0.29) is 5.75 Å². The van der Waals surface area contributed by atoms with Gasteiger partial charge in [0.15, 0.2) is 11.5 Å². The van der Waals surface area contributed by atoms with E-state index in [1.165, 1.54) is 6.08 Å². The summed E-state index contributed by atoms with van der Waals surface area (Å²) in [6, 6.07) is 3.42. The van der Waals surface area contributed by atoms with Gasteiger partial charge >= 0.3 is 0 Å². The molecule has 4 nitrogen and oxygen atoms in total. The van der Waals surface area contributed by atoms with E-state index in [9.17, 15) is 9.90 Å². The molecule has 0 aliphatic heterocycles. The molecule has 0 aliphatic rings. The molecular formula is C14H17NO3. The summed E-state index contributed by atoms with van der Waals surface area (Å²) >= 11 is 0. The third kappa shape index (κ3) is 3.66. The molecule has 0 unspecified atom stereocenters. The van der Waals surface area contributed by atoms with Gasteiger partial charge < -0.3 is 15.6 Å². The fourth-order valence-corrected chi connectivity index (χ4v) is 1.54. The van der Waals surface area contributed by atoms with Crippen molar-refractivity contribution in [1.82, 2.24) is 0 Å². The minimum Gasteiger partial charge on any atom is -0.504 e. The number of phenols is 1. The van der Waals surface area contributed by atoms with Crippen LogP contribution in [0.1, 0.15) is 18.1 Å². The second-order valence-electron chi connectivity index (χ2n) is 3.69. The van der Waals surface area contributed by atoms with E-state index in [0.29, 0.717) is 24.3 Å². The summed E-state index contributed by atoms with van der Waals surface area (Å²) < 4.78 is 5.34. The Bertz CT molecular complexity index is 478. The highest BCUT2D eigenvalue weighted by molar-refractivity contribution is 5.90. The van der Waals surface area contributed by atoms with Crippen LogP contribution in [0.5, 0.6) is 11.5 Å². The first-order valence-electron chi connectivity index (χ1n) is 5.65. The zero-order valence-electron chi connectivity index (χ0n) is 10.3. The maximum atomic E-state index is 10.7. The molecule has 0 aromatic heterocycles. The Hall–Kier alpha value is -2.23. The van der Waals surface area contributed by atoms with Crippen LogP contribution < -0.4 is 10.5 Å². The molecule has 4 heteroatoms. The van der Waals surface area contributed by atoms with Crippen LogP contribution in [0.15, 0.2) is 30.9 Å². The number of amides is 1. The van der Waals surface area contributed by atoms with Gasteiger partial charge in [-0.25, -0.2) is 0 Å². The summed E-state index contributed by atoms with van der Waals surface area (Å²) in [5.41, 5.74) is 6.48. The summed E-state index contributed by atoms with van der Waals surface area (Å²) in [4.78, 5) is 10.7. The first-order valence-corrected chi connectivity index (χ1v) is 5.65. The Morgan fingerprint density at radius 2 is 2.28 bits per heavy atom. The van der Waals surface area contributed by atoms with Crippen LogP contribution in [0.3, 0.4) is 0 Å². The van der Waals surface area contributed by atoms with Crippen molar-refractivity contribution >= 4 is 12.0 Å². The fraction of sp³-hybridized carbons (Fsp3) is 0.214. The first-order chi connectivity index (χ1) is 8.58. The molecule has 0 fully saturated rings. The summed E-state index contributed by atoms with van der Waals surface area (Å²) in [5, 5.41) is 9.96. The maximum absolute atomic E-state index is 10.7. The van der Waals surface area contributed by atoms with Crippen molar-refractivity contribution in [3.05, 3.63) is 42.0 Å². The molecule has 0 bridgehead atoms. The minimum absolute atomic E-state index is 0.105. The van der Waals surface area contributed by atoms with E-state index in [0.717, 1.165) is 5.56 Å². The number of hydrogen-bond donors (Lipinski definition) is 2.